The summed E-state index contributed by atoms with van der Waals surface area (Å²) in [6, 6.07) is 6.68. The van der Waals surface area contributed by atoms with Gasteiger partial charge in [-0.3, -0.25) is 0 Å². The first kappa shape index (κ1) is 15.3. The molecule has 0 spiro atoms. The molecule has 0 fully saturated rings. The van der Waals surface area contributed by atoms with Crippen molar-refractivity contribution in [1.82, 2.24) is 5.32 Å². The van der Waals surface area contributed by atoms with E-state index in [9.17, 15) is 9.90 Å². The van der Waals surface area contributed by atoms with Crippen molar-refractivity contribution >= 4 is 11.7 Å². The van der Waals surface area contributed by atoms with Crippen molar-refractivity contribution in [2.45, 2.75) is 26.9 Å². The summed E-state index contributed by atoms with van der Waals surface area (Å²) >= 11 is 0. The van der Waals surface area contributed by atoms with E-state index in [4.69, 9.17) is 4.74 Å². The number of anilines is 1. The zero-order valence-electron chi connectivity index (χ0n) is 11.9. The van der Waals surface area contributed by atoms with Gasteiger partial charge in [-0.25, -0.2) is 4.79 Å². The number of methoxy groups -OCH3 is 1. The van der Waals surface area contributed by atoms with E-state index in [1.807, 2.05) is 20.8 Å². The van der Waals surface area contributed by atoms with Gasteiger partial charge < -0.3 is 20.5 Å². The third kappa shape index (κ3) is 5.18. The van der Waals surface area contributed by atoms with E-state index in [1.165, 1.54) is 0 Å². The molecule has 1 aromatic rings. The summed E-state index contributed by atoms with van der Waals surface area (Å²) in [5.74, 6) is 0.731. The van der Waals surface area contributed by atoms with E-state index in [2.05, 4.69) is 10.6 Å². The lowest BCUT2D eigenvalue weighted by molar-refractivity contribution is 0.0654. The van der Waals surface area contributed by atoms with Crippen LogP contribution in [0.1, 0.15) is 20.8 Å². The highest BCUT2D eigenvalue weighted by Gasteiger charge is 2.22. The predicted molar refractivity (Wildman–Crippen MR) is 75.5 cm³/mol. The lowest BCUT2D eigenvalue weighted by Gasteiger charge is -2.25. The smallest absolute Gasteiger partial charge is 0.319 e. The SMILES string of the molecule is COc1ccc(NC(=O)NCC(O)C(C)(C)C)cc1. The Morgan fingerprint density at radius 2 is 1.89 bits per heavy atom. The Labute approximate surface area is 114 Å². The van der Waals surface area contributed by atoms with Crippen LogP contribution in [-0.2, 0) is 0 Å². The van der Waals surface area contributed by atoms with Crippen molar-refractivity contribution < 1.29 is 14.6 Å². The van der Waals surface area contributed by atoms with Crippen LogP contribution in [0.2, 0.25) is 0 Å². The van der Waals surface area contributed by atoms with Crippen molar-refractivity contribution in [2.24, 2.45) is 5.41 Å². The summed E-state index contributed by atoms with van der Waals surface area (Å²) in [6.45, 7) is 5.97. The van der Waals surface area contributed by atoms with Gasteiger partial charge in [-0.2, -0.15) is 0 Å². The van der Waals surface area contributed by atoms with E-state index in [0.29, 0.717) is 5.69 Å². The minimum Gasteiger partial charge on any atom is -0.497 e. The second kappa shape index (κ2) is 6.43. The predicted octanol–water partition coefficient (Wildman–Crippen LogP) is 2.22. The first-order valence-corrected chi connectivity index (χ1v) is 6.20. The molecule has 1 atom stereocenters. The zero-order valence-corrected chi connectivity index (χ0v) is 11.9. The number of urea groups is 1. The van der Waals surface area contributed by atoms with Crippen molar-refractivity contribution in [3.63, 3.8) is 0 Å². The number of aliphatic hydroxyl groups excluding tert-OH is 1. The maximum atomic E-state index is 11.6. The van der Waals surface area contributed by atoms with Crippen molar-refractivity contribution in [1.29, 1.82) is 0 Å². The van der Waals surface area contributed by atoms with Crippen molar-refractivity contribution in [3.05, 3.63) is 24.3 Å². The summed E-state index contributed by atoms with van der Waals surface area (Å²) in [6.07, 6.45) is -0.589. The molecule has 19 heavy (non-hydrogen) atoms. The molecule has 0 aliphatic carbocycles. The molecule has 5 nitrogen and oxygen atoms in total. The molecule has 0 aromatic heterocycles. The van der Waals surface area contributed by atoms with Crippen LogP contribution in [0.25, 0.3) is 0 Å². The van der Waals surface area contributed by atoms with Gasteiger partial charge in [-0.1, -0.05) is 20.8 Å². The molecule has 0 heterocycles. The number of carbonyl (C=O) groups excluding carboxylic acids is 1. The zero-order chi connectivity index (χ0) is 14.5. The van der Waals surface area contributed by atoms with Crippen LogP contribution in [0, 0.1) is 5.41 Å². The minimum atomic E-state index is -0.589. The van der Waals surface area contributed by atoms with E-state index < -0.39 is 6.10 Å². The number of nitrogens with one attached hydrogen (secondary N) is 2. The van der Waals surface area contributed by atoms with Gasteiger partial charge in [0, 0.05) is 12.2 Å². The molecule has 1 rings (SSSR count). The van der Waals surface area contributed by atoms with E-state index in [0.717, 1.165) is 5.75 Å². The monoisotopic (exact) mass is 266 g/mol. The second-order valence-electron chi connectivity index (χ2n) is 5.45. The Morgan fingerprint density at radius 3 is 2.37 bits per heavy atom. The van der Waals surface area contributed by atoms with E-state index >= 15 is 0 Å². The molecule has 2 amide bonds. The number of benzene rings is 1. The molecule has 106 valence electrons. The van der Waals surface area contributed by atoms with Crippen molar-refractivity contribution in [3.8, 4) is 5.75 Å². The summed E-state index contributed by atoms with van der Waals surface area (Å²) < 4.78 is 5.03. The fourth-order valence-electron chi connectivity index (χ4n) is 1.35. The molecular formula is C14H22N2O3. The van der Waals surface area contributed by atoms with E-state index in [-0.39, 0.29) is 18.0 Å². The molecular weight excluding hydrogens is 244 g/mol. The number of carbonyl (C=O) groups is 1. The van der Waals surface area contributed by atoms with Crippen LogP contribution in [0.3, 0.4) is 0 Å². The number of rotatable bonds is 4. The van der Waals surface area contributed by atoms with Gasteiger partial charge >= 0.3 is 6.03 Å². The van der Waals surface area contributed by atoms with Gasteiger partial charge in [-0.05, 0) is 29.7 Å². The third-order valence-electron chi connectivity index (χ3n) is 2.80. The highest BCUT2D eigenvalue weighted by atomic mass is 16.5. The summed E-state index contributed by atoms with van der Waals surface area (Å²) in [5.41, 5.74) is 0.413. The lowest BCUT2D eigenvalue weighted by atomic mass is 9.89. The van der Waals surface area contributed by atoms with Gasteiger partial charge in [0.2, 0.25) is 0 Å². The van der Waals surface area contributed by atoms with Gasteiger partial charge in [0.05, 0.1) is 13.2 Å². The Morgan fingerprint density at radius 1 is 1.32 bits per heavy atom. The van der Waals surface area contributed by atoms with Gasteiger partial charge in [0.15, 0.2) is 0 Å². The summed E-state index contributed by atoms with van der Waals surface area (Å²) in [7, 11) is 1.59. The maximum Gasteiger partial charge on any atom is 0.319 e. The molecule has 1 aromatic carbocycles. The molecule has 0 bridgehead atoms. The van der Waals surface area contributed by atoms with Crippen LogP contribution in [0.15, 0.2) is 24.3 Å². The molecule has 0 radical (unpaired) electrons. The Balaban J connectivity index is 2.42. The van der Waals surface area contributed by atoms with Gasteiger partial charge in [-0.15, -0.1) is 0 Å². The van der Waals surface area contributed by atoms with Crippen LogP contribution in [-0.4, -0.2) is 30.9 Å². The molecule has 1 unspecified atom stereocenters. The molecule has 0 saturated heterocycles. The Bertz CT molecular complexity index is 410. The number of hydrogen-bond donors (Lipinski definition) is 3. The molecule has 0 aliphatic rings. The maximum absolute atomic E-state index is 11.6. The fraction of sp³-hybridized carbons (Fsp3) is 0.500. The van der Waals surface area contributed by atoms with Gasteiger partial charge in [0.1, 0.15) is 5.75 Å². The fourth-order valence-corrected chi connectivity index (χ4v) is 1.35. The number of aliphatic hydroxyl groups is 1. The topological polar surface area (TPSA) is 70.6 Å². The average molecular weight is 266 g/mol. The van der Waals surface area contributed by atoms with Crippen LogP contribution >= 0.6 is 0 Å². The first-order chi connectivity index (χ1) is 8.82. The Hall–Kier alpha value is -1.75. The van der Waals surface area contributed by atoms with Crippen molar-refractivity contribution in [2.75, 3.05) is 19.0 Å². The summed E-state index contributed by atoms with van der Waals surface area (Å²) in [4.78, 5) is 11.6. The van der Waals surface area contributed by atoms with Crippen LogP contribution < -0.4 is 15.4 Å². The number of ether oxygens (including phenoxy) is 1. The lowest BCUT2D eigenvalue weighted by Crippen LogP contribution is -2.40. The Kier molecular flexibility index (Phi) is 5.18. The minimum absolute atomic E-state index is 0.214. The highest BCUT2D eigenvalue weighted by Crippen LogP contribution is 2.18. The summed E-state index contributed by atoms with van der Waals surface area (Å²) in [5, 5.41) is 15.1. The normalized spacial score (nSPS) is 12.7. The molecule has 3 N–H and O–H groups in total. The molecule has 0 aliphatic heterocycles. The third-order valence-corrected chi connectivity index (χ3v) is 2.80. The largest absolute Gasteiger partial charge is 0.497 e. The second-order valence-corrected chi connectivity index (χ2v) is 5.45. The quantitative estimate of drug-likeness (QED) is 0.782. The van der Waals surface area contributed by atoms with Crippen LogP contribution in [0.5, 0.6) is 5.75 Å². The number of amides is 2. The first-order valence-electron chi connectivity index (χ1n) is 6.20. The number of hydrogen-bond acceptors (Lipinski definition) is 3. The average Bonchev–Trinajstić information content (AvgIpc) is 2.35. The molecule has 5 heteroatoms. The standard InChI is InChI=1S/C14H22N2O3/c1-14(2,3)12(17)9-15-13(18)16-10-5-7-11(19-4)8-6-10/h5-8,12,17H,9H2,1-4H3,(H2,15,16,18). The molecule has 0 saturated carbocycles. The van der Waals surface area contributed by atoms with E-state index in [1.54, 1.807) is 31.4 Å². The highest BCUT2D eigenvalue weighted by molar-refractivity contribution is 5.89. The van der Waals surface area contributed by atoms with Gasteiger partial charge in [0.25, 0.3) is 0 Å². The van der Waals surface area contributed by atoms with Crippen LogP contribution in [0.4, 0.5) is 10.5 Å².